The molecule has 0 saturated heterocycles. The molecule has 0 spiro atoms. The zero-order valence-electron chi connectivity index (χ0n) is 7.11. The van der Waals surface area contributed by atoms with E-state index in [1.54, 1.807) is 0 Å². The molecule has 2 N–H and O–H groups in total. The molecule has 74 valence electrons. The molecule has 0 aromatic rings. The van der Waals surface area contributed by atoms with Crippen LogP contribution in [0.1, 0.15) is 0 Å². The molecule has 0 radical (unpaired) electrons. The Hall–Kier alpha value is -1.10. The van der Waals surface area contributed by atoms with Crippen molar-refractivity contribution in [2.45, 2.75) is 12.5 Å². The predicted molar refractivity (Wildman–Crippen MR) is 43.4 cm³/mol. The van der Waals surface area contributed by atoms with Crippen LogP contribution in [-0.4, -0.2) is 41.2 Å². The first-order chi connectivity index (χ1) is 6.07. The monoisotopic (exact) mass is 191 g/mol. The maximum atomic E-state index is 12.3. The van der Waals surface area contributed by atoms with E-state index in [4.69, 9.17) is 5.11 Å². The Morgan fingerprint density at radius 1 is 1.54 bits per heavy atom. The number of alkyl halides is 2. The molecule has 0 bridgehead atoms. The largest absolute Gasteiger partial charge is 0.510 e. The van der Waals surface area contributed by atoms with E-state index < -0.39 is 12.5 Å². The van der Waals surface area contributed by atoms with Crippen LogP contribution in [0.5, 0.6) is 0 Å². The average Bonchev–Trinajstić information content (AvgIpc) is 2.04. The van der Waals surface area contributed by atoms with E-state index in [1.807, 2.05) is 0 Å². The van der Waals surface area contributed by atoms with Gasteiger partial charge in [-0.2, -0.15) is 0 Å². The summed E-state index contributed by atoms with van der Waals surface area (Å²) in [5.74, 6) is -0.102. The van der Waals surface area contributed by atoms with Crippen LogP contribution < -0.4 is 0 Å². The van der Waals surface area contributed by atoms with Gasteiger partial charge in [0.1, 0.15) is 11.8 Å². The molecule has 0 fully saturated rings. The van der Waals surface area contributed by atoms with Crippen molar-refractivity contribution < 1.29 is 19.0 Å². The second kappa shape index (κ2) is 3.74. The number of hydrogen-bond acceptors (Lipinski definition) is 3. The molecule has 5 heteroatoms. The third kappa shape index (κ3) is 1.80. The Bertz CT molecular complexity index is 251. The molecule has 1 aliphatic rings. The Labute approximate surface area is 74.6 Å². The van der Waals surface area contributed by atoms with Gasteiger partial charge in [-0.05, 0) is 12.2 Å². The summed E-state index contributed by atoms with van der Waals surface area (Å²) in [6, 6.07) is -0.756. The lowest BCUT2D eigenvalue weighted by Crippen LogP contribution is -2.39. The summed E-state index contributed by atoms with van der Waals surface area (Å²) >= 11 is 0. The van der Waals surface area contributed by atoms with Crippen LogP contribution in [0.25, 0.3) is 0 Å². The minimum absolute atomic E-state index is 0.102. The van der Waals surface area contributed by atoms with Crippen molar-refractivity contribution in [3.63, 3.8) is 0 Å². The third-order valence-corrected chi connectivity index (χ3v) is 2.04. The summed E-state index contributed by atoms with van der Waals surface area (Å²) < 4.78 is 24.6. The molecular weight excluding hydrogens is 180 g/mol. The van der Waals surface area contributed by atoms with Gasteiger partial charge in [-0.25, -0.2) is 8.78 Å². The van der Waals surface area contributed by atoms with Gasteiger partial charge in [-0.15, -0.1) is 0 Å². The lowest BCUT2D eigenvalue weighted by molar-refractivity contribution is 0.0998. The van der Waals surface area contributed by atoms with Gasteiger partial charge in [0.15, 0.2) is 0 Å². The van der Waals surface area contributed by atoms with Crippen molar-refractivity contribution in [3.8, 4) is 0 Å². The summed E-state index contributed by atoms with van der Waals surface area (Å²) in [4.78, 5) is 1.17. The van der Waals surface area contributed by atoms with Gasteiger partial charge in [0.2, 0.25) is 0 Å². The highest BCUT2D eigenvalue weighted by molar-refractivity contribution is 5.25. The van der Waals surface area contributed by atoms with Gasteiger partial charge in [0, 0.05) is 7.05 Å². The normalized spacial score (nSPS) is 23.2. The van der Waals surface area contributed by atoms with Crippen LogP contribution in [0.2, 0.25) is 0 Å². The summed E-state index contributed by atoms with van der Waals surface area (Å²) in [6.45, 7) is -0.386. The first-order valence-electron chi connectivity index (χ1n) is 3.80. The van der Waals surface area contributed by atoms with E-state index in [2.05, 4.69) is 0 Å². The van der Waals surface area contributed by atoms with E-state index in [0.717, 1.165) is 6.08 Å². The molecule has 0 saturated carbocycles. The van der Waals surface area contributed by atoms with Crippen LogP contribution in [0.4, 0.5) is 8.78 Å². The zero-order valence-corrected chi connectivity index (χ0v) is 7.11. The number of hydrogen-bond donors (Lipinski definition) is 2. The fourth-order valence-electron chi connectivity index (χ4n) is 1.22. The van der Waals surface area contributed by atoms with Crippen molar-refractivity contribution in [3.05, 3.63) is 23.6 Å². The molecule has 0 amide bonds. The number of aliphatic hydroxyl groups is 2. The Balaban J connectivity index is 2.90. The van der Waals surface area contributed by atoms with Gasteiger partial charge < -0.3 is 15.1 Å². The van der Waals surface area contributed by atoms with Crippen LogP contribution in [0, 0.1) is 0 Å². The molecule has 13 heavy (non-hydrogen) atoms. The highest BCUT2D eigenvalue weighted by Crippen LogP contribution is 2.22. The van der Waals surface area contributed by atoms with E-state index in [9.17, 15) is 13.9 Å². The Morgan fingerprint density at radius 2 is 2.15 bits per heavy atom. The standard InChI is InChI=1S/C8H11F2NO2/c1-11-5(8(9)10)2-3-7(13)6(11)4-12/h2-3,6,8,12-13H,4H2,1H3. The van der Waals surface area contributed by atoms with E-state index >= 15 is 0 Å². The molecule has 1 rings (SSSR count). The minimum atomic E-state index is -2.59. The number of rotatable bonds is 2. The van der Waals surface area contributed by atoms with Crippen LogP contribution in [-0.2, 0) is 0 Å². The summed E-state index contributed by atoms with van der Waals surface area (Å²) in [7, 11) is 1.40. The van der Waals surface area contributed by atoms with E-state index in [-0.39, 0.29) is 18.1 Å². The minimum Gasteiger partial charge on any atom is -0.510 e. The van der Waals surface area contributed by atoms with Gasteiger partial charge in [-0.1, -0.05) is 0 Å². The molecule has 1 heterocycles. The van der Waals surface area contributed by atoms with Crippen molar-refractivity contribution >= 4 is 0 Å². The molecule has 1 aliphatic heterocycles. The number of halogens is 2. The molecule has 0 aromatic heterocycles. The number of nitrogens with zero attached hydrogens (tertiary/aromatic N) is 1. The van der Waals surface area contributed by atoms with Crippen LogP contribution in [0.3, 0.4) is 0 Å². The second-order valence-electron chi connectivity index (χ2n) is 2.79. The van der Waals surface area contributed by atoms with Crippen molar-refractivity contribution in [1.29, 1.82) is 0 Å². The Morgan fingerprint density at radius 3 is 2.62 bits per heavy atom. The van der Waals surface area contributed by atoms with E-state index in [0.29, 0.717) is 0 Å². The zero-order chi connectivity index (χ0) is 10.0. The second-order valence-corrected chi connectivity index (χ2v) is 2.79. The van der Waals surface area contributed by atoms with Crippen molar-refractivity contribution in [1.82, 2.24) is 4.90 Å². The summed E-state index contributed by atoms with van der Waals surface area (Å²) in [5, 5.41) is 18.0. The first-order valence-corrected chi connectivity index (χ1v) is 3.80. The number of aliphatic hydroxyl groups excluding tert-OH is 2. The maximum absolute atomic E-state index is 12.3. The maximum Gasteiger partial charge on any atom is 0.278 e. The van der Waals surface area contributed by atoms with Crippen molar-refractivity contribution in [2.24, 2.45) is 0 Å². The van der Waals surface area contributed by atoms with Gasteiger partial charge in [-0.3, -0.25) is 0 Å². The lowest BCUT2D eigenvalue weighted by atomic mass is 10.1. The van der Waals surface area contributed by atoms with Crippen LogP contribution in [0.15, 0.2) is 23.6 Å². The molecule has 3 nitrogen and oxygen atoms in total. The molecule has 0 aromatic carbocycles. The molecule has 1 unspecified atom stereocenters. The SMILES string of the molecule is CN1C(C(F)F)=CC=C(O)C1CO. The third-order valence-electron chi connectivity index (χ3n) is 2.04. The number of allylic oxidation sites excluding steroid dienone is 3. The van der Waals surface area contributed by atoms with Gasteiger partial charge in [0.05, 0.1) is 12.3 Å². The highest BCUT2D eigenvalue weighted by atomic mass is 19.3. The highest BCUT2D eigenvalue weighted by Gasteiger charge is 2.27. The summed E-state index contributed by atoms with van der Waals surface area (Å²) in [6.07, 6.45) is -0.266. The van der Waals surface area contributed by atoms with E-state index in [1.165, 1.54) is 18.0 Å². The first kappa shape index (κ1) is 9.98. The van der Waals surface area contributed by atoms with Gasteiger partial charge >= 0.3 is 0 Å². The smallest absolute Gasteiger partial charge is 0.278 e. The Kier molecular flexibility index (Phi) is 2.87. The quantitative estimate of drug-likeness (QED) is 0.681. The fraction of sp³-hybridized carbons (Fsp3) is 0.500. The topological polar surface area (TPSA) is 43.7 Å². The number of likely N-dealkylation sites (N-methyl/N-ethyl adjacent to an activating group) is 1. The lowest BCUT2D eigenvalue weighted by Gasteiger charge is -2.32. The molecule has 1 atom stereocenters. The van der Waals surface area contributed by atoms with Gasteiger partial charge in [0.25, 0.3) is 6.43 Å². The van der Waals surface area contributed by atoms with Crippen molar-refractivity contribution in [2.75, 3.05) is 13.7 Å². The fourth-order valence-corrected chi connectivity index (χ4v) is 1.22. The molecular formula is C8H11F2NO2. The summed E-state index contributed by atoms with van der Waals surface area (Å²) in [5.41, 5.74) is -0.197. The average molecular weight is 191 g/mol. The van der Waals surface area contributed by atoms with Crippen LogP contribution >= 0.6 is 0 Å². The molecule has 0 aliphatic carbocycles. The predicted octanol–water partition coefficient (Wildman–Crippen LogP) is 0.884.